The maximum Gasteiger partial charge on any atom is 0.433 e. The number of nitrogens with one attached hydrogen (secondary N) is 1. The highest BCUT2D eigenvalue weighted by Crippen LogP contribution is 2.31. The zero-order valence-electron chi connectivity index (χ0n) is 11.2. The minimum Gasteiger partial charge on any atom is -0.437 e. The molecule has 0 amide bonds. The summed E-state index contributed by atoms with van der Waals surface area (Å²) in [5, 5.41) is 2.72. The molecule has 0 aromatic carbocycles. The number of hydrogen-bond acceptors (Lipinski definition) is 5. The molecule has 0 unspecified atom stereocenters. The van der Waals surface area contributed by atoms with Crippen molar-refractivity contribution in [2.75, 3.05) is 11.9 Å². The van der Waals surface area contributed by atoms with Gasteiger partial charge in [0.15, 0.2) is 5.69 Å². The van der Waals surface area contributed by atoms with Gasteiger partial charge in [0.25, 0.3) is 0 Å². The number of aromatic nitrogens is 3. The van der Waals surface area contributed by atoms with E-state index in [0.29, 0.717) is 12.3 Å². The van der Waals surface area contributed by atoms with Crippen LogP contribution in [0, 0.1) is 0 Å². The van der Waals surface area contributed by atoms with E-state index in [1.54, 1.807) is 12.1 Å². The Morgan fingerprint density at radius 2 is 2.10 bits per heavy atom. The highest BCUT2D eigenvalue weighted by molar-refractivity contribution is 5.34. The van der Waals surface area contributed by atoms with Crippen molar-refractivity contribution in [3.8, 4) is 11.6 Å². The summed E-state index contributed by atoms with van der Waals surface area (Å²) in [6.07, 6.45) is -0.923. The lowest BCUT2D eigenvalue weighted by atomic mass is 10.4. The third-order valence-corrected chi connectivity index (χ3v) is 2.38. The Hall–Kier alpha value is -2.38. The Labute approximate surface area is 119 Å². The average molecular weight is 298 g/mol. The van der Waals surface area contributed by atoms with Crippen LogP contribution in [0.2, 0.25) is 0 Å². The van der Waals surface area contributed by atoms with Crippen LogP contribution >= 0.6 is 0 Å². The molecule has 0 aliphatic rings. The highest BCUT2D eigenvalue weighted by Gasteiger charge is 2.34. The fourth-order valence-corrected chi connectivity index (χ4v) is 1.47. The number of pyridine rings is 1. The van der Waals surface area contributed by atoms with Crippen LogP contribution in [0.15, 0.2) is 30.6 Å². The van der Waals surface area contributed by atoms with E-state index in [2.05, 4.69) is 20.3 Å². The molecule has 1 N–H and O–H groups in total. The van der Waals surface area contributed by atoms with Gasteiger partial charge in [-0.15, -0.1) is 0 Å². The standard InChI is InChI=1S/C13H13F3N4O/c1-2-5-18-12-19-10(13(14,15)16)7-11(20-12)21-9-4-3-6-17-8-9/h3-4,6-8H,2,5H2,1H3,(H,18,19,20). The molecule has 0 radical (unpaired) electrons. The zero-order chi connectivity index (χ0) is 15.3. The van der Waals surface area contributed by atoms with E-state index in [9.17, 15) is 13.2 Å². The maximum atomic E-state index is 12.8. The van der Waals surface area contributed by atoms with Gasteiger partial charge in [0.2, 0.25) is 11.8 Å². The Morgan fingerprint density at radius 3 is 2.71 bits per heavy atom. The monoisotopic (exact) mass is 298 g/mol. The lowest BCUT2D eigenvalue weighted by Crippen LogP contribution is -2.13. The fourth-order valence-electron chi connectivity index (χ4n) is 1.47. The van der Waals surface area contributed by atoms with Crippen LogP contribution < -0.4 is 10.1 Å². The predicted octanol–water partition coefficient (Wildman–Crippen LogP) is 3.50. The molecule has 0 saturated carbocycles. The lowest BCUT2D eigenvalue weighted by Gasteiger charge is -2.11. The van der Waals surface area contributed by atoms with Crippen molar-refractivity contribution >= 4 is 5.95 Å². The molecule has 8 heteroatoms. The molecule has 0 saturated heterocycles. The van der Waals surface area contributed by atoms with Crippen molar-refractivity contribution in [3.05, 3.63) is 36.3 Å². The number of nitrogens with zero attached hydrogens (tertiary/aromatic N) is 3. The van der Waals surface area contributed by atoms with Crippen molar-refractivity contribution in [2.24, 2.45) is 0 Å². The summed E-state index contributed by atoms with van der Waals surface area (Å²) in [6, 6.07) is 3.93. The van der Waals surface area contributed by atoms with E-state index in [4.69, 9.17) is 4.74 Å². The summed E-state index contributed by atoms with van der Waals surface area (Å²) >= 11 is 0. The van der Waals surface area contributed by atoms with Gasteiger partial charge in [0.05, 0.1) is 6.20 Å². The normalized spacial score (nSPS) is 11.2. The van der Waals surface area contributed by atoms with E-state index >= 15 is 0 Å². The molecule has 0 fully saturated rings. The van der Waals surface area contributed by atoms with Crippen LogP contribution in [-0.4, -0.2) is 21.5 Å². The molecule has 2 heterocycles. The van der Waals surface area contributed by atoms with Crippen LogP contribution in [0.4, 0.5) is 19.1 Å². The number of rotatable bonds is 5. The molecule has 0 aliphatic heterocycles. The second-order valence-corrected chi connectivity index (χ2v) is 4.13. The molecule has 0 bridgehead atoms. The Kier molecular flexibility index (Phi) is 4.56. The SMILES string of the molecule is CCCNc1nc(Oc2cccnc2)cc(C(F)(F)F)n1. The van der Waals surface area contributed by atoms with Crippen molar-refractivity contribution in [2.45, 2.75) is 19.5 Å². The summed E-state index contributed by atoms with van der Waals surface area (Å²) in [5.41, 5.74) is -1.06. The van der Waals surface area contributed by atoms with E-state index in [-0.39, 0.29) is 11.8 Å². The predicted molar refractivity (Wildman–Crippen MR) is 70.1 cm³/mol. The van der Waals surface area contributed by atoms with Crippen LogP contribution in [0.1, 0.15) is 19.0 Å². The quantitative estimate of drug-likeness (QED) is 0.915. The van der Waals surface area contributed by atoms with E-state index in [1.165, 1.54) is 12.4 Å². The molecule has 2 aromatic rings. The van der Waals surface area contributed by atoms with Gasteiger partial charge in [-0.05, 0) is 18.6 Å². The summed E-state index contributed by atoms with van der Waals surface area (Å²) in [4.78, 5) is 11.2. The van der Waals surface area contributed by atoms with Gasteiger partial charge >= 0.3 is 6.18 Å². The first-order chi connectivity index (χ1) is 9.99. The van der Waals surface area contributed by atoms with E-state index in [0.717, 1.165) is 12.5 Å². The topological polar surface area (TPSA) is 59.9 Å². The third-order valence-electron chi connectivity index (χ3n) is 2.38. The Morgan fingerprint density at radius 1 is 1.29 bits per heavy atom. The van der Waals surface area contributed by atoms with Crippen LogP contribution in [0.25, 0.3) is 0 Å². The second kappa shape index (κ2) is 6.38. The molecular weight excluding hydrogens is 285 g/mol. The summed E-state index contributed by atoms with van der Waals surface area (Å²) in [7, 11) is 0. The molecule has 112 valence electrons. The summed E-state index contributed by atoms with van der Waals surface area (Å²) in [6.45, 7) is 2.35. The Bertz CT molecular complexity index is 590. The van der Waals surface area contributed by atoms with Gasteiger partial charge in [-0.1, -0.05) is 6.92 Å². The lowest BCUT2D eigenvalue weighted by molar-refractivity contribution is -0.141. The first-order valence-electron chi connectivity index (χ1n) is 6.27. The molecule has 0 spiro atoms. The van der Waals surface area contributed by atoms with Crippen molar-refractivity contribution in [3.63, 3.8) is 0 Å². The van der Waals surface area contributed by atoms with Crippen LogP contribution in [0.5, 0.6) is 11.6 Å². The molecular formula is C13H13F3N4O. The highest BCUT2D eigenvalue weighted by atomic mass is 19.4. The fraction of sp³-hybridized carbons (Fsp3) is 0.308. The second-order valence-electron chi connectivity index (χ2n) is 4.13. The number of hydrogen-bond donors (Lipinski definition) is 1. The molecule has 2 rings (SSSR count). The van der Waals surface area contributed by atoms with Gasteiger partial charge in [0.1, 0.15) is 5.75 Å². The largest absolute Gasteiger partial charge is 0.437 e. The van der Waals surface area contributed by atoms with Crippen LogP contribution in [0.3, 0.4) is 0 Å². The number of halogens is 3. The molecule has 0 atom stereocenters. The van der Waals surface area contributed by atoms with Crippen LogP contribution in [-0.2, 0) is 6.18 Å². The van der Waals surface area contributed by atoms with Gasteiger partial charge in [-0.25, -0.2) is 4.98 Å². The zero-order valence-corrected chi connectivity index (χ0v) is 11.2. The van der Waals surface area contributed by atoms with E-state index < -0.39 is 11.9 Å². The third kappa shape index (κ3) is 4.30. The number of ether oxygens (including phenoxy) is 1. The molecule has 21 heavy (non-hydrogen) atoms. The molecule has 0 aliphatic carbocycles. The number of alkyl halides is 3. The van der Waals surface area contributed by atoms with Gasteiger partial charge in [-0.2, -0.15) is 18.2 Å². The summed E-state index contributed by atoms with van der Waals surface area (Å²) < 4.78 is 43.7. The minimum absolute atomic E-state index is 0.120. The average Bonchev–Trinajstić information content (AvgIpc) is 2.45. The molecule has 5 nitrogen and oxygen atoms in total. The minimum atomic E-state index is -4.57. The summed E-state index contributed by atoms with van der Waals surface area (Å²) in [5.74, 6) is -0.0136. The maximum absolute atomic E-state index is 12.8. The van der Waals surface area contributed by atoms with Crippen molar-refractivity contribution in [1.82, 2.24) is 15.0 Å². The van der Waals surface area contributed by atoms with E-state index in [1.807, 2.05) is 6.92 Å². The van der Waals surface area contributed by atoms with Gasteiger partial charge in [-0.3, -0.25) is 4.98 Å². The van der Waals surface area contributed by atoms with Crippen molar-refractivity contribution < 1.29 is 17.9 Å². The first kappa shape index (κ1) is 15.0. The smallest absolute Gasteiger partial charge is 0.433 e. The first-order valence-corrected chi connectivity index (χ1v) is 6.27. The molecule has 2 aromatic heterocycles. The Balaban J connectivity index is 2.30. The van der Waals surface area contributed by atoms with Gasteiger partial charge < -0.3 is 10.1 Å². The van der Waals surface area contributed by atoms with Crippen molar-refractivity contribution in [1.29, 1.82) is 0 Å². The number of anilines is 1. The van der Waals surface area contributed by atoms with Gasteiger partial charge in [0, 0.05) is 18.8 Å².